The highest BCUT2D eigenvalue weighted by Crippen LogP contribution is 2.44. The predicted molar refractivity (Wildman–Crippen MR) is 124 cm³/mol. The van der Waals surface area contributed by atoms with Gasteiger partial charge in [-0.1, -0.05) is 35.9 Å². The van der Waals surface area contributed by atoms with Crippen LogP contribution in [-0.2, 0) is 5.60 Å². The van der Waals surface area contributed by atoms with Crippen molar-refractivity contribution in [1.29, 1.82) is 0 Å². The number of ether oxygens (including phenoxy) is 1. The van der Waals surface area contributed by atoms with Gasteiger partial charge < -0.3 is 14.5 Å². The number of amides is 1. The number of anilines is 1. The van der Waals surface area contributed by atoms with E-state index in [9.17, 15) is 14.0 Å². The lowest BCUT2D eigenvalue weighted by molar-refractivity contribution is 0.0507. The van der Waals surface area contributed by atoms with Crippen LogP contribution in [0.5, 0.6) is 5.75 Å². The van der Waals surface area contributed by atoms with Crippen LogP contribution in [0.25, 0.3) is 11.0 Å². The van der Waals surface area contributed by atoms with Crippen LogP contribution in [0.4, 0.5) is 10.1 Å². The summed E-state index contributed by atoms with van der Waals surface area (Å²) in [6.45, 7) is 3.53. The van der Waals surface area contributed by atoms with E-state index in [1.165, 1.54) is 12.1 Å². The lowest BCUT2D eigenvalue weighted by atomic mass is 9.84. The zero-order chi connectivity index (χ0) is 23.3. The summed E-state index contributed by atoms with van der Waals surface area (Å²) in [5.74, 6) is -0.477. The Kier molecular flexibility index (Phi) is 4.98. The van der Waals surface area contributed by atoms with Gasteiger partial charge in [-0.05, 0) is 55.8 Å². The van der Waals surface area contributed by atoms with Crippen molar-refractivity contribution in [1.82, 2.24) is 0 Å². The molecule has 0 saturated heterocycles. The number of para-hydroxylation sites is 1. The zero-order valence-electron chi connectivity index (χ0n) is 17.9. The van der Waals surface area contributed by atoms with Gasteiger partial charge in [0, 0.05) is 10.9 Å². The number of fused-ring (bicyclic) bond motifs is 3. The summed E-state index contributed by atoms with van der Waals surface area (Å²) in [4.78, 5) is 26.2. The number of halogens is 2. The van der Waals surface area contributed by atoms with Gasteiger partial charge in [0.15, 0.2) is 11.5 Å². The molecule has 4 aromatic rings. The summed E-state index contributed by atoms with van der Waals surface area (Å²) in [7, 11) is 0. The number of rotatable bonds is 3. The van der Waals surface area contributed by atoms with Crippen molar-refractivity contribution in [3.8, 4) is 5.75 Å². The van der Waals surface area contributed by atoms with Gasteiger partial charge in [-0.15, -0.1) is 0 Å². The van der Waals surface area contributed by atoms with Crippen molar-refractivity contribution in [3.05, 3.63) is 94.0 Å². The topological polar surface area (TPSA) is 68.5 Å². The number of aryl methyl sites for hydroxylation is 1. The molecule has 33 heavy (non-hydrogen) atoms. The largest absolute Gasteiger partial charge is 0.482 e. The van der Waals surface area contributed by atoms with Gasteiger partial charge in [0.1, 0.15) is 22.8 Å². The normalized spacial score (nSPS) is 17.5. The summed E-state index contributed by atoms with van der Waals surface area (Å²) in [6, 6.07) is 16.2. The fraction of sp³-hybridized carbons (Fsp3) is 0.154. The SMILES string of the molecule is Cc1c(C(=O)Nc2ccccc2Cl)oc2ccc3c(c12)C(=O)C[C@](C)(c1ccc(F)cc1)O3. The molecule has 166 valence electrons. The van der Waals surface area contributed by atoms with Crippen molar-refractivity contribution in [2.75, 3.05) is 5.32 Å². The molecule has 0 unspecified atom stereocenters. The lowest BCUT2D eigenvalue weighted by Crippen LogP contribution is -2.36. The summed E-state index contributed by atoms with van der Waals surface area (Å²) >= 11 is 6.15. The van der Waals surface area contributed by atoms with Crippen LogP contribution in [0, 0.1) is 12.7 Å². The molecule has 5 rings (SSSR count). The number of Topliss-reactive ketones (excluding diaryl/α,β-unsaturated/α-hetero) is 1. The van der Waals surface area contributed by atoms with Crippen molar-refractivity contribution < 1.29 is 23.1 Å². The molecule has 0 radical (unpaired) electrons. The van der Waals surface area contributed by atoms with E-state index in [0.29, 0.717) is 44.1 Å². The molecule has 1 aromatic heterocycles. The van der Waals surface area contributed by atoms with Gasteiger partial charge in [0.25, 0.3) is 5.91 Å². The Morgan fingerprint density at radius 1 is 1.09 bits per heavy atom. The number of hydrogen-bond donors (Lipinski definition) is 1. The molecular weight excluding hydrogens is 445 g/mol. The Bertz CT molecular complexity index is 1430. The van der Waals surface area contributed by atoms with E-state index in [1.54, 1.807) is 62.4 Å². The fourth-order valence-electron chi connectivity index (χ4n) is 4.28. The second-order valence-electron chi connectivity index (χ2n) is 8.24. The fourth-order valence-corrected chi connectivity index (χ4v) is 4.46. The smallest absolute Gasteiger partial charge is 0.291 e. The van der Waals surface area contributed by atoms with Crippen LogP contribution in [0.2, 0.25) is 5.02 Å². The molecule has 2 heterocycles. The van der Waals surface area contributed by atoms with E-state index in [-0.39, 0.29) is 23.8 Å². The molecule has 3 aromatic carbocycles. The Morgan fingerprint density at radius 2 is 1.82 bits per heavy atom. The maximum Gasteiger partial charge on any atom is 0.291 e. The van der Waals surface area contributed by atoms with Gasteiger partial charge in [-0.3, -0.25) is 9.59 Å². The third-order valence-electron chi connectivity index (χ3n) is 5.95. The van der Waals surface area contributed by atoms with Crippen molar-refractivity contribution in [2.45, 2.75) is 25.9 Å². The Morgan fingerprint density at radius 3 is 2.55 bits per heavy atom. The van der Waals surface area contributed by atoms with Crippen LogP contribution in [0.3, 0.4) is 0 Å². The third-order valence-corrected chi connectivity index (χ3v) is 6.28. The van der Waals surface area contributed by atoms with E-state index in [4.69, 9.17) is 20.8 Å². The zero-order valence-corrected chi connectivity index (χ0v) is 18.6. The molecule has 0 fully saturated rings. The van der Waals surface area contributed by atoms with E-state index < -0.39 is 11.5 Å². The number of furan rings is 1. The van der Waals surface area contributed by atoms with Crippen LogP contribution < -0.4 is 10.1 Å². The molecule has 1 atom stereocenters. The first-order valence-electron chi connectivity index (χ1n) is 10.4. The third kappa shape index (κ3) is 3.56. The standard InChI is InChI=1S/C26H19ClFNO4/c1-14-22-20(32-24(14)25(31)29-18-6-4-3-5-17(18)27)11-12-21-23(22)19(30)13-26(2,33-21)15-7-9-16(28)10-8-15/h3-12H,13H2,1-2H3,(H,29,31)/t26-/m1/s1. The van der Waals surface area contributed by atoms with Crippen molar-refractivity contribution >= 4 is 39.9 Å². The van der Waals surface area contributed by atoms with Crippen LogP contribution >= 0.6 is 11.6 Å². The Labute approximate surface area is 194 Å². The lowest BCUT2D eigenvalue weighted by Gasteiger charge is -2.35. The minimum Gasteiger partial charge on any atom is -0.482 e. The Balaban J connectivity index is 1.55. The van der Waals surface area contributed by atoms with E-state index in [2.05, 4.69) is 5.32 Å². The summed E-state index contributed by atoms with van der Waals surface area (Å²) < 4.78 is 25.5. The number of carbonyl (C=O) groups excluding carboxylic acids is 2. The number of ketones is 1. The highest BCUT2D eigenvalue weighted by molar-refractivity contribution is 6.34. The van der Waals surface area contributed by atoms with E-state index in [1.807, 2.05) is 0 Å². The molecular formula is C26H19ClFNO4. The van der Waals surface area contributed by atoms with Crippen LogP contribution in [0.1, 0.15) is 45.4 Å². The number of carbonyl (C=O) groups is 2. The van der Waals surface area contributed by atoms with Gasteiger partial charge >= 0.3 is 0 Å². The highest BCUT2D eigenvalue weighted by Gasteiger charge is 2.40. The molecule has 1 N–H and O–H groups in total. The van der Waals surface area contributed by atoms with Crippen LogP contribution in [0.15, 0.2) is 65.1 Å². The minimum atomic E-state index is -0.937. The molecule has 5 nitrogen and oxygen atoms in total. The summed E-state index contributed by atoms with van der Waals surface area (Å²) in [5.41, 5.74) is 1.55. The van der Waals surface area contributed by atoms with Gasteiger partial charge in [0.05, 0.1) is 22.7 Å². The number of benzene rings is 3. The molecule has 0 bridgehead atoms. The van der Waals surface area contributed by atoms with Crippen molar-refractivity contribution in [3.63, 3.8) is 0 Å². The molecule has 1 aliphatic heterocycles. The predicted octanol–water partition coefficient (Wildman–Crippen LogP) is 6.67. The molecule has 1 aliphatic rings. The number of hydrogen-bond acceptors (Lipinski definition) is 4. The second-order valence-corrected chi connectivity index (χ2v) is 8.65. The Hall–Kier alpha value is -3.64. The maximum absolute atomic E-state index is 13.4. The van der Waals surface area contributed by atoms with Crippen LogP contribution in [-0.4, -0.2) is 11.7 Å². The van der Waals surface area contributed by atoms with Gasteiger partial charge in [0.2, 0.25) is 0 Å². The van der Waals surface area contributed by atoms with Crippen molar-refractivity contribution in [2.24, 2.45) is 0 Å². The minimum absolute atomic E-state index is 0.0660. The molecule has 0 aliphatic carbocycles. The first kappa shape index (κ1) is 21.2. The van der Waals surface area contributed by atoms with E-state index in [0.717, 1.165) is 0 Å². The highest BCUT2D eigenvalue weighted by atomic mass is 35.5. The first-order valence-corrected chi connectivity index (χ1v) is 10.7. The molecule has 0 spiro atoms. The monoisotopic (exact) mass is 463 g/mol. The summed E-state index contributed by atoms with van der Waals surface area (Å²) in [5, 5.41) is 3.70. The molecule has 0 saturated carbocycles. The van der Waals surface area contributed by atoms with Gasteiger partial charge in [-0.2, -0.15) is 0 Å². The number of nitrogens with one attached hydrogen (secondary N) is 1. The first-order chi connectivity index (χ1) is 15.8. The summed E-state index contributed by atoms with van der Waals surface area (Å²) in [6.07, 6.45) is 0.0660. The quantitative estimate of drug-likeness (QED) is 0.368. The average molecular weight is 464 g/mol. The average Bonchev–Trinajstić information content (AvgIpc) is 3.12. The maximum atomic E-state index is 13.4. The molecule has 7 heteroatoms. The van der Waals surface area contributed by atoms with Gasteiger partial charge in [-0.25, -0.2) is 4.39 Å². The second kappa shape index (κ2) is 7.74. The van der Waals surface area contributed by atoms with E-state index >= 15 is 0 Å². The molecule has 1 amide bonds.